The van der Waals surface area contributed by atoms with E-state index in [4.69, 9.17) is 32.7 Å². The first-order chi connectivity index (χ1) is 19.2. The van der Waals surface area contributed by atoms with Crippen molar-refractivity contribution < 1.29 is 45.2 Å². The van der Waals surface area contributed by atoms with Gasteiger partial charge in [-0.2, -0.15) is 22.0 Å². The second-order valence-electron chi connectivity index (χ2n) is 8.12. The molecule has 0 aliphatic carbocycles. The predicted molar refractivity (Wildman–Crippen MR) is 138 cm³/mol. The first-order valence-electron chi connectivity index (χ1n) is 11.4. The van der Waals surface area contributed by atoms with E-state index in [9.17, 15) is 22.4 Å². The summed E-state index contributed by atoms with van der Waals surface area (Å²) >= 11 is 6.03. The molecule has 41 heavy (non-hydrogen) atoms. The Bertz CT molecular complexity index is 1400. The molecule has 0 aromatic heterocycles. The predicted octanol–water partition coefficient (Wildman–Crippen LogP) is 4.59. The lowest BCUT2D eigenvalue weighted by atomic mass is 9.99. The molecule has 0 spiro atoms. The van der Waals surface area contributed by atoms with Crippen molar-refractivity contribution >= 4 is 46.2 Å². The van der Waals surface area contributed by atoms with Crippen LogP contribution in [0.1, 0.15) is 11.1 Å². The van der Waals surface area contributed by atoms with Crippen LogP contribution in [0.2, 0.25) is 5.02 Å². The van der Waals surface area contributed by atoms with Gasteiger partial charge in [0.25, 0.3) is 5.92 Å². The maximum atomic E-state index is 15.0. The minimum absolute atomic E-state index is 0.0324. The summed E-state index contributed by atoms with van der Waals surface area (Å²) in [6.45, 7) is -0.978. The standard InChI is InChI=1S/C23H22ClF4N5O2.C2HF3O/c24-17-6-8-19(21(26)15(17)11-20(34)31-9-10-35-33-22(29)30)32-12-23(27,28)16-5-7-18(25)14-4-2-1-3-13(14)16;3-2(4,5)1-6/h1-8,32H,9-12H2,(H,31,34)(H4,29,30,33);1H. The van der Waals surface area contributed by atoms with E-state index in [-0.39, 0.29) is 46.2 Å². The molecule has 16 heteroatoms. The van der Waals surface area contributed by atoms with Crippen molar-refractivity contribution in [2.45, 2.75) is 18.5 Å². The van der Waals surface area contributed by atoms with Gasteiger partial charge >= 0.3 is 6.18 Å². The fourth-order valence-corrected chi connectivity index (χ4v) is 3.57. The fraction of sp³-hybridized carbons (Fsp3) is 0.240. The molecular weight excluding hydrogens is 587 g/mol. The number of hydrogen-bond acceptors (Lipinski definition) is 5. The molecule has 3 aromatic rings. The molecule has 0 radical (unpaired) electrons. The number of nitrogens with zero attached hydrogens (tertiary/aromatic N) is 1. The van der Waals surface area contributed by atoms with Crippen LogP contribution in [0.15, 0.2) is 53.7 Å². The van der Waals surface area contributed by atoms with Crippen LogP contribution in [-0.4, -0.2) is 44.0 Å². The normalized spacial score (nSPS) is 11.2. The van der Waals surface area contributed by atoms with Gasteiger partial charge in [0.05, 0.1) is 25.2 Å². The molecule has 222 valence electrons. The highest BCUT2D eigenvalue weighted by Gasteiger charge is 2.34. The van der Waals surface area contributed by atoms with Crippen LogP contribution in [0.5, 0.6) is 0 Å². The molecule has 0 fully saturated rings. The summed E-state index contributed by atoms with van der Waals surface area (Å²) in [5.41, 5.74) is 9.34. The quantitative estimate of drug-likeness (QED) is 0.0664. The number of guanidine groups is 1. The summed E-state index contributed by atoms with van der Waals surface area (Å²) in [5, 5.41) is 8.18. The van der Waals surface area contributed by atoms with Crippen molar-refractivity contribution in [3.05, 3.63) is 76.3 Å². The number of alkyl halides is 5. The molecule has 6 N–H and O–H groups in total. The van der Waals surface area contributed by atoms with E-state index in [0.29, 0.717) is 0 Å². The van der Waals surface area contributed by atoms with Crippen LogP contribution in [0, 0.1) is 11.6 Å². The number of carbonyl (C=O) groups excluding carboxylic acids is 2. The molecule has 0 aliphatic heterocycles. The van der Waals surface area contributed by atoms with Crippen molar-refractivity contribution in [3.8, 4) is 0 Å². The van der Waals surface area contributed by atoms with Crippen molar-refractivity contribution in [2.24, 2.45) is 16.6 Å². The second-order valence-corrected chi connectivity index (χ2v) is 8.53. The fourth-order valence-electron chi connectivity index (χ4n) is 3.36. The van der Waals surface area contributed by atoms with Gasteiger partial charge in [-0.15, -0.1) is 0 Å². The summed E-state index contributed by atoms with van der Waals surface area (Å²) in [4.78, 5) is 25.5. The third kappa shape index (κ3) is 10.0. The number of benzene rings is 3. The number of amides is 1. The van der Waals surface area contributed by atoms with E-state index in [1.165, 1.54) is 30.3 Å². The van der Waals surface area contributed by atoms with Gasteiger partial charge < -0.3 is 26.9 Å². The van der Waals surface area contributed by atoms with E-state index >= 15 is 13.2 Å². The number of oxime groups is 1. The Labute approximate surface area is 233 Å². The number of rotatable bonds is 10. The van der Waals surface area contributed by atoms with Crippen LogP contribution in [0.4, 0.5) is 36.4 Å². The van der Waals surface area contributed by atoms with Crippen molar-refractivity contribution in [3.63, 3.8) is 0 Å². The molecule has 0 aliphatic rings. The number of fused-ring (bicyclic) bond motifs is 1. The molecule has 0 heterocycles. The summed E-state index contributed by atoms with van der Waals surface area (Å²) in [6, 6.07) is 10.3. The lowest BCUT2D eigenvalue weighted by Gasteiger charge is -2.21. The van der Waals surface area contributed by atoms with E-state index in [2.05, 4.69) is 15.8 Å². The molecule has 3 rings (SSSR count). The largest absolute Gasteiger partial charge is 0.446 e. The zero-order valence-corrected chi connectivity index (χ0v) is 21.6. The van der Waals surface area contributed by atoms with Crippen LogP contribution >= 0.6 is 11.6 Å². The maximum absolute atomic E-state index is 15.0. The number of hydrogen-bond donors (Lipinski definition) is 4. The molecule has 0 saturated heterocycles. The molecule has 0 unspecified atom stereocenters. The topological polar surface area (TPSA) is 132 Å². The highest BCUT2D eigenvalue weighted by molar-refractivity contribution is 6.31. The van der Waals surface area contributed by atoms with E-state index in [1.54, 1.807) is 6.07 Å². The SMILES string of the molecule is NC(N)=NOCCNC(=O)Cc1c(Cl)ccc(NCC(F)(F)c2ccc(F)c3ccccc23)c1F.O=CC(F)(F)F. The van der Waals surface area contributed by atoms with Crippen LogP contribution in [0.3, 0.4) is 0 Å². The molecule has 3 aromatic carbocycles. The second kappa shape index (κ2) is 14.4. The summed E-state index contributed by atoms with van der Waals surface area (Å²) in [6.07, 6.45) is -6.14. The smallest absolute Gasteiger partial charge is 0.391 e. The van der Waals surface area contributed by atoms with Gasteiger partial charge in [-0.3, -0.25) is 9.59 Å². The highest BCUT2D eigenvalue weighted by atomic mass is 35.5. The average molecular weight is 610 g/mol. The molecule has 8 nitrogen and oxygen atoms in total. The number of aldehydes is 1. The third-order valence-corrected chi connectivity index (χ3v) is 5.46. The summed E-state index contributed by atoms with van der Waals surface area (Å²) in [5.74, 6) is -5.90. The Morgan fingerprint density at radius 1 is 1.00 bits per heavy atom. The Kier molecular flexibility index (Phi) is 11.6. The number of nitrogens with one attached hydrogen (secondary N) is 2. The van der Waals surface area contributed by atoms with Gasteiger partial charge in [0.1, 0.15) is 12.4 Å². The Balaban J connectivity index is 0.000000883. The molecule has 0 saturated carbocycles. The number of halogens is 8. The van der Waals surface area contributed by atoms with Crippen LogP contribution in [0.25, 0.3) is 10.8 Å². The Morgan fingerprint density at radius 3 is 2.24 bits per heavy atom. The zero-order chi connectivity index (χ0) is 30.8. The van der Waals surface area contributed by atoms with Gasteiger partial charge in [0, 0.05) is 21.5 Å². The third-order valence-electron chi connectivity index (χ3n) is 5.11. The van der Waals surface area contributed by atoms with Crippen molar-refractivity contribution in [1.29, 1.82) is 0 Å². The lowest BCUT2D eigenvalue weighted by Crippen LogP contribution is -2.29. The Hall–Kier alpha value is -4.27. The number of nitrogens with two attached hydrogens (primary N) is 2. The monoisotopic (exact) mass is 609 g/mol. The van der Waals surface area contributed by atoms with Gasteiger partial charge in [-0.1, -0.05) is 35.9 Å². The maximum Gasteiger partial charge on any atom is 0.446 e. The first-order valence-corrected chi connectivity index (χ1v) is 11.8. The van der Waals surface area contributed by atoms with Crippen molar-refractivity contribution in [1.82, 2.24) is 5.32 Å². The summed E-state index contributed by atoms with van der Waals surface area (Å²) in [7, 11) is 0. The van der Waals surface area contributed by atoms with Gasteiger partial charge in [-0.05, 0) is 34.8 Å². The van der Waals surface area contributed by atoms with Crippen molar-refractivity contribution in [2.75, 3.05) is 25.0 Å². The molecular formula is C25H23ClF7N5O3. The van der Waals surface area contributed by atoms with Crippen LogP contribution in [-0.2, 0) is 26.8 Å². The lowest BCUT2D eigenvalue weighted by molar-refractivity contribution is -0.156. The van der Waals surface area contributed by atoms with Gasteiger partial charge in [-0.25, -0.2) is 8.78 Å². The summed E-state index contributed by atoms with van der Waals surface area (Å²) < 4.78 is 90.4. The average Bonchev–Trinajstić information content (AvgIpc) is 2.90. The van der Waals surface area contributed by atoms with Gasteiger partial charge in [0.2, 0.25) is 18.2 Å². The van der Waals surface area contributed by atoms with Crippen LogP contribution < -0.4 is 22.1 Å². The minimum atomic E-state index is -4.64. The van der Waals surface area contributed by atoms with E-state index < -0.39 is 54.5 Å². The van der Waals surface area contributed by atoms with E-state index in [0.717, 1.165) is 12.1 Å². The highest BCUT2D eigenvalue weighted by Crippen LogP contribution is 2.35. The zero-order valence-electron chi connectivity index (χ0n) is 20.9. The number of carbonyl (C=O) groups is 2. The number of anilines is 1. The minimum Gasteiger partial charge on any atom is -0.391 e. The molecule has 0 atom stereocenters. The molecule has 0 bridgehead atoms. The molecule has 1 amide bonds. The first kappa shape index (κ1) is 32.9. The van der Waals surface area contributed by atoms with Gasteiger partial charge in [0.15, 0.2) is 5.82 Å². The Morgan fingerprint density at radius 2 is 1.63 bits per heavy atom. The van der Waals surface area contributed by atoms with E-state index in [1.807, 2.05) is 0 Å².